The van der Waals surface area contributed by atoms with Crippen LogP contribution in [0.4, 0.5) is 4.79 Å². The van der Waals surface area contributed by atoms with Crippen LogP contribution in [0.3, 0.4) is 0 Å². The largest absolute Gasteiger partial charge is 0.444 e. The number of hydrogen-bond donors (Lipinski definition) is 0. The number of amides is 2. The monoisotopic (exact) mass is 460 g/mol. The molecule has 1 aliphatic rings. The van der Waals surface area contributed by atoms with Gasteiger partial charge in [0.05, 0.1) is 4.88 Å². The standard InChI is InChI=1S/C24H36N4O3S/c1-14(2)28(23(30)31-24(6,7)8)13-18-10-9-11-27(12-18)22(29)20-15(3)19-16(4)25-17(5)26-21(19)32-20/h14,18H,9-13H2,1-8H3. The second-order valence-corrected chi connectivity index (χ2v) is 11.1. The number of piperidine rings is 1. The van der Waals surface area contributed by atoms with E-state index in [1.54, 1.807) is 4.90 Å². The summed E-state index contributed by atoms with van der Waals surface area (Å²) in [5.41, 5.74) is 1.35. The van der Waals surface area contributed by atoms with Crippen molar-refractivity contribution in [2.45, 2.75) is 79.9 Å². The molecule has 176 valence electrons. The van der Waals surface area contributed by atoms with Gasteiger partial charge in [-0.2, -0.15) is 0 Å². The van der Waals surface area contributed by atoms with Crippen LogP contribution >= 0.6 is 11.3 Å². The highest BCUT2D eigenvalue weighted by molar-refractivity contribution is 7.20. The van der Waals surface area contributed by atoms with Gasteiger partial charge in [-0.1, -0.05) is 0 Å². The van der Waals surface area contributed by atoms with E-state index in [-0.39, 0.29) is 24.0 Å². The van der Waals surface area contributed by atoms with Gasteiger partial charge >= 0.3 is 6.09 Å². The maximum atomic E-state index is 13.5. The van der Waals surface area contributed by atoms with Crippen molar-refractivity contribution in [2.24, 2.45) is 5.92 Å². The molecule has 7 nitrogen and oxygen atoms in total. The predicted molar refractivity (Wildman–Crippen MR) is 128 cm³/mol. The Morgan fingerprint density at radius 1 is 1.22 bits per heavy atom. The van der Waals surface area contributed by atoms with Gasteiger partial charge in [-0.05, 0) is 79.7 Å². The molecule has 0 radical (unpaired) electrons. The predicted octanol–water partition coefficient (Wildman–Crippen LogP) is 5.11. The highest BCUT2D eigenvalue weighted by Crippen LogP contribution is 2.33. The molecular formula is C24H36N4O3S. The van der Waals surface area contributed by atoms with Crippen LogP contribution in [0.2, 0.25) is 0 Å². The maximum Gasteiger partial charge on any atom is 0.410 e. The zero-order chi connectivity index (χ0) is 23.8. The Morgan fingerprint density at radius 2 is 1.91 bits per heavy atom. The minimum Gasteiger partial charge on any atom is -0.444 e. The lowest BCUT2D eigenvalue weighted by Crippen LogP contribution is -2.48. The molecule has 1 fully saturated rings. The summed E-state index contributed by atoms with van der Waals surface area (Å²) in [5.74, 6) is 1.01. The van der Waals surface area contributed by atoms with Crippen LogP contribution in [0.1, 0.15) is 74.2 Å². The third-order valence-corrected chi connectivity index (χ3v) is 6.96. The number of rotatable bonds is 4. The Bertz CT molecular complexity index is 1010. The Balaban J connectivity index is 1.76. The number of thiophene rings is 1. The molecule has 1 saturated heterocycles. The van der Waals surface area contributed by atoms with Gasteiger partial charge in [0.2, 0.25) is 0 Å². The number of carbonyl (C=O) groups is 2. The van der Waals surface area contributed by atoms with Crippen molar-refractivity contribution in [3.63, 3.8) is 0 Å². The van der Waals surface area contributed by atoms with Crippen LogP contribution in [-0.4, -0.2) is 63.0 Å². The fourth-order valence-corrected chi connectivity index (χ4v) is 5.56. The summed E-state index contributed by atoms with van der Waals surface area (Å²) in [7, 11) is 0. The fourth-order valence-electron chi connectivity index (χ4n) is 4.31. The molecule has 2 aromatic rings. The highest BCUT2D eigenvalue weighted by Gasteiger charge is 2.31. The molecule has 2 amide bonds. The molecule has 8 heteroatoms. The first kappa shape index (κ1) is 24.4. The first-order valence-electron chi connectivity index (χ1n) is 11.4. The normalized spacial score (nSPS) is 17.2. The van der Waals surface area contributed by atoms with Gasteiger partial charge in [0.25, 0.3) is 5.91 Å². The van der Waals surface area contributed by atoms with Gasteiger partial charge < -0.3 is 14.5 Å². The molecule has 0 bridgehead atoms. The molecule has 0 aromatic carbocycles. The Hall–Kier alpha value is -2.22. The molecule has 0 spiro atoms. The average Bonchev–Trinajstić information content (AvgIpc) is 3.00. The van der Waals surface area contributed by atoms with Gasteiger partial charge in [0.1, 0.15) is 16.3 Å². The van der Waals surface area contributed by atoms with Gasteiger partial charge in [0, 0.05) is 36.8 Å². The number of aromatic nitrogens is 2. The van der Waals surface area contributed by atoms with Crippen molar-refractivity contribution in [3.8, 4) is 0 Å². The number of fused-ring (bicyclic) bond motifs is 1. The van der Waals surface area contributed by atoms with Crippen molar-refractivity contribution < 1.29 is 14.3 Å². The molecule has 3 rings (SSSR count). The summed E-state index contributed by atoms with van der Waals surface area (Å²) in [6, 6.07) is 0.0329. The fraction of sp³-hybridized carbons (Fsp3) is 0.667. The van der Waals surface area contributed by atoms with Crippen molar-refractivity contribution in [1.82, 2.24) is 19.8 Å². The Kier molecular flexibility index (Phi) is 7.12. The highest BCUT2D eigenvalue weighted by atomic mass is 32.1. The van der Waals surface area contributed by atoms with Gasteiger partial charge in [-0.15, -0.1) is 11.3 Å². The molecule has 32 heavy (non-hydrogen) atoms. The van der Waals surface area contributed by atoms with E-state index in [4.69, 9.17) is 4.74 Å². The molecule has 1 atom stereocenters. The van der Waals surface area contributed by atoms with Crippen LogP contribution in [0, 0.1) is 26.7 Å². The number of aryl methyl sites for hydroxylation is 3. The lowest BCUT2D eigenvalue weighted by atomic mass is 9.96. The molecule has 3 heterocycles. The SMILES string of the molecule is Cc1nc(C)c2c(C)c(C(=O)N3CCCC(CN(C(=O)OC(C)(C)C)C(C)C)C3)sc2n1. The van der Waals surface area contributed by atoms with Crippen molar-refractivity contribution in [1.29, 1.82) is 0 Å². The Morgan fingerprint density at radius 3 is 2.53 bits per heavy atom. The number of hydrogen-bond acceptors (Lipinski definition) is 6. The maximum absolute atomic E-state index is 13.5. The van der Waals surface area contributed by atoms with Crippen LogP contribution in [0.15, 0.2) is 0 Å². The third-order valence-electron chi connectivity index (χ3n) is 5.79. The zero-order valence-electron chi connectivity index (χ0n) is 20.6. The van der Waals surface area contributed by atoms with E-state index in [2.05, 4.69) is 9.97 Å². The third kappa shape index (κ3) is 5.39. The Labute approximate surface area is 195 Å². The first-order chi connectivity index (χ1) is 14.9. The van der Waals surface area contributed by atoms with E-state index >= 15 is 0 Å². The van der Waals surface area contributed by atoms with E-state index < -0.39 is 5.60 Å². The summed E-state index contributed by atoms with van der Waals surface area (Å²) in [5, 5.41) is 0.994. The lowest BCUT2D eigenvalue weighted by Gasteiger charge is -2.37. The molecule has 0 N–H and O–H groups in total. The zero-order valence-corrected chi connectivity index (χ0v) is 21.4. The van der Waals surface area contributed by atoms with Crippen molar-refractivity contribution in [3.05, 3.63) is 22.0 Å². The minimum atomic E-state index is -0.531. The van der Waals surface area contributed by atoms with Crippen LogP contribution in [0.25, 0.3) is 10.2 Å². The number of carbonyl (C=O) groups excluding carboxylic acids is 2. The quantitative estimate of drug-likeness (QED) is 0.633. The first-order valence-corrected chi connectivity index (χ1v) is 12.2. The molecular weight excluding hydrogens is 424 g/mol. The summed E-state index contributed by atoms with van der Waals surface area (Å²) in [6.45, 7) is 17.4. The van der Waals surface area contributed by atoms with Gasteiger partial charge in [-0.25, -0.2) is 14.8 Å². The number of nitrogens with zero attached hydrogens (tertiary/aromatic N) is 4. The van der Waals surface area contributed by atoms with E-state index in [1.807, 2.05) is 60.3 Å². The van der Waals surface area contributed by atoms with Crippen LogP contribution in [-0.2, 0) is 4.74 Å². The van der Waals surface area contributed by atoms with Gasteiger partial charge in [0.15, 0.2) is 0 Å². The summed E-state index contributed by atoms with van der Waals surface area (Å²) >= 11 is 1.46. The second-order valence-electron chi connectivity index (χ2n) is 10.1. The van der Waals surface area contributed by atoms with E-state index in [0.717, 1.165) is 51.6 Å². The van der Waals surface area contributed by atoms with E-state index in [9.17, 15) is 9.59 Å². The second kappa shape index (κ2) is 9.33. The molecule has 0 aliphatic carbocycles. The number of likely N-dealkylation sites (tertiary alicyclic amines) is 1. The number of ether oxygens (including phenoxy) is 1. The van der Waals surface area contributed by atoms with E-state index in [1.165, 1.54) is 11.3 Å². The van der Waals surface area contributed by atoms with Crippen LogP contribution in [0.5, 0.6) is 0 Å². The smallest absolute Gasteiger partial charge is 0.410 e. The summed E-state index contributed by atoms with van der Waals surface area (Å²) < 4.78 is 5.61. The summed E-state index contributed by atoms with van der Waals surface area (Å²) in [4.78, 5) is 40.6. The van der Waals surface area contributed by atoms with Crippen molar-refractivity contribution in [2.75, 3.05) is 19.6 Å². The molecule has 0 saturated carbocycles. The van der Waals surface area contributed by atoms with Crippen LogP contribution < -0.4 is 0 Å². The average molecular weight is 461 g/mol. The van der Waals surface area contributed by atoms with E-state index in [0.29, 0.717) is 13.1 Å². The molecule has 1 unspecified atom stereocenters. The summed E-state index contributed by atoms with van der Waals surface area (Å²) in [6.07, 6.45) is 1.63. The molecule has 2 aromatic heterocycles. The topological polar surface area (TPSA) is 75.6 Å². The van der Waals surface area contributed by atoms with Gasteiger partial charge in [-0.3, -0.25) is 4.79 Å². The molecule has 1 aliphatic heterocycles. The lowest BCUT2D eigenvalue weighted by molar-refractivity contribution is 0.0124. The minimum absolute atomic E-state index is 0.0329. The van der Waals surface area contributed by atoms with Crippen molar-refractivity contribution >= 4 is 33.6 Å².